The van der Waals surface area contributed by atoms with Crippen LogP contribution in [0, 0.1) is 28.6 Å². The first-order valence-corrected chi connectivity index (χ1v) is 14.7. The van der Waals surface area contributed by atoms with E-state index in [1.54, 1.807) is 6.92 Å². The Morgan fingerprint density at radius 2 is 1.66 bits per heavy atom. The van der Waals surface area contributed by atoms with E-state index in [2.05, 4.69) is 12.2 Å². The number of Topliss-reactive ketones (excluding diaryl/α,β-unsaturated/α-hetero) is 3. The number of hydrogen-bond acceptors (Lipinski definition) is 7. The van der Waals surface area contributed by atoms with Crippen molar-refractivity contribution in [2.45, 2.75) is 92.1 Å². The van der Waals surface area contributed by atoms with Crippen molar-refractivity contribution >= 4 is 17.3 Å². The lowest BCUT2D eigenvalue weighted by atomic mass is 9.44. The summed E-state index contributed by atoms with van der Waals surface area (Å²) < 4.78 is 0. The van der Waals surface area contributed by atoms with E-state index in [0.29, 0.717) is 24.3 Å². The molecule has 220 valence electrons. The van der Waals surface area contributed by atoms with Gasteiger partial charge in [0.1, 0.15) is 22.8 Å². The maximum Gasteiger partial charge on any atom is 0.209 e. The Kier molecular flexibility index (Phi) is 6.73. The van der Waals surface area contributed by atoms with E-state index in [1.165, 1.54) is 0 Å². The highest BCUT2D eigenvalue weighted by Crippen LogP contribution is 2.65. The molecule has 0 aliphatic heterocycles. The number of phenols is 1. The summed E-state index contributed by atoms with van der Waals surface area (Å²) >= 11 is 0. The lowest BCUT2D eigenvalue weighted by Crippen LogP contribution is -2.67. The Morgan fingerprint density at radius 1 is 1.05 bits per heavy atom. The van der Waals surface area contributed by atoms with Crippen LogP contribution in [0.5, 0.6) is 5.75 Å². The summed E-state index contributed by atoms with van der Waals surface area (Å²) in [6.07, 6.45) is 7.03. The lowest BCUT2D eigenvalue weighted by Gasteiger charge is -2.59. The van der Waals surface area contributed by atoms with Gasteiger partial charge >= 0.3 is 0 Å². The minimum atomic E-state index is -2.60. The first-order valence-electron chi connectivity index (χ1n) is 14.7. The molecule has 0 saturated heterocycles. The fourth-order valence-electron chi connectivity index (χ4n) is 8.71. The molecule has 0 bridgehead atoms. The predicted molar refractivity (Wildman–Crippen MR) is 155 cm³/mol. The normalized spacial score (nSPS) is 31.7. The number of carbonyl (C=O) groups is 3. The lowest BCUT2D eigenvalue weighted by molar-refractivity contribution is -0.171. The van der Waals surface area contributed by atoms with E-state index in [0.717, 1.165) is 30.9 Å². The summed E-state index contributed by atoms with van der Waals surface area (Å²) in [5.41, 5.74) is -3.19. The molecule has 1 aromatic rings. The summed E-state index contributed by atoms with van der Waals surface area (Å²) in [6, 6.07) is 2.01. The van der Waals surface area contributed by atoms with Crippen LogP contribution in [0.15, 0.2) is 40.9 Å². The molecule has 0 saturated carbocycles. The zero-order chi connectivity index (χ0) is 30.4. The maximum atomic E-state index is 14.4. The molecule has 4 aliphatic rings. The molecule has 0 aromatic heterocycles. The van der Waals surface area contributed by atoms with Crippen LogP contribution in [0.3, 0.4) is 0 Å². The van der Waals surface area contributed by atoms with Gasteiger partial charge in [0, 0.05) is 22.3 Å². The second-order valence-electron chi connectivity index (χ2n) is 14.0. The molecule has 0 spiro atoms. The van der Waals surface area contributed by atoms with E-state index in [1.807, 2.05) is 40.7 Å². The average Bonchev–Trinajstić information content (AvgIpc) is 3.35. The van der Waals surface area contributed by atoms with Crippen molar-refractivity contribution in [3.8, 4) is 5.75 Å². The summed E-state index contributed by atoms with van der Waals surface area (Å²) in [6.45, 7) is 12.4. The number of phenolic OH excluding ortho intramolecular Hbond substituents is 1. The highest BCUT2D eigenvalue weighted by atomic mass is 16.3. The summed E-state index contributed by atoms with van der Waals surface area (Å²) in [5.74, 6) is -4.44. The largest absolute Gasteiger partial charge is 0.511 e. The van der Waals surface area contributed by atoms with E-state index < -0.39 is 51.0 Å². The topological polar surface area (TPSA) is 132 Å². The fraction of sp³-hybridized carbons (Fsp3) is 0.559. The first kappa shape index (κ1) is 29.3. The van der Waals surface area contributed by atoms with Crippen molar-refractivity contribution in [2.24, 2.45) is 28.6 Å². The van der Waals surface area contributed by atoms with Crippen LogP contribution in [0.25, 0.3) is 0 Å². The van der Waals surface area contributed by atoms with Crippen LogP contribution >= 0.6 is 0 Å². The van der Waals surface area contributed by atoms with Crippen molar-refractivity contribution in [1.82, 2.24) is 0 Å². The summed E-state index contributed by atoms with van der Waals surface area (Å²) in [4.78, 5) is 40.9. The van der Waals surface area contributed by atoms with E-state index in [9.17, 15) is 34.8 Å². The van der Waals surface area contributed by atoms with Crippen molar-refractivity contribution in [3.05, 3.63) is 63.1 Å². The Balaban J connectivity index is 1.77. The van der Waals surface area contributed by atoms with Crippen LogP contribution < -0.4 is 0 Å². The molecule has 7 nitrogen and oxygen atoms in total. The van der Waals surface area contributed by atoms with Gasteiger partial charge in [-0.1, -0.05) is 59.8 Å². The van der Waals surface area contributed by atoms with Crippen LogP contribution in [0.2, 0.25) is 0 Å². The maximum absolute atomic E-state index is 14.4. The number of carbonyl (C=O) groups excluding carboxylic acids is 3. The van der Waals surface area contributed by atoms with Gasteiger partial charge in [0.25, 0.3) is 0 Å². The molecule has 4 N–H and O–H groups in total. The molecular formula is C34H42O7. The molecule has 0 radical (unpaired) electrons. The molecule has 0 heterocycles. The van der Waals surface area contributed by atoms with Gasteiger partial charge in [0.05, 0.1) is 5.56 Å². The minimum absolute atomic E-state index is 0.0567. The predicted octanol–water partition coefficient (Wildman–Crippen LogP) is 5.98. The van der Waals surface area contributed by atoms with E-state index in [4.69, 9.17) is 0 Å². The molecule has 1 unspecified atom stereocenters. The number of ketones is 3. The van der Waals surface area contributed by atoms with Gasteiger partial charge < -0.3 is 20.4 Å². The second kappa shape index (κ2) is 9.41. The summed E-state index contributed by atoms with van der Waals surface area (Å²) in [7, 11) is 0. The van der Waals surface area contributed by atoms with Crippen molar-refractivity contribution in [3.63, 3.8) is 0 Å². The third kappa shape index (κ3) is 3.84. The van der Waals surface area contributed by atoms with Gasteiger partial charge in [-0.15, -0.1) is 0 Å². The van der Waals surface area contributed by atoms with Gasteiger partial charge in [-0.05, 0) is 73.5 Å². The van der Waals surface area contributed by atoms with E-state index >= 15 is 0 Å². The zero-order valence-corrected chi connectivity index (χ0v) is 25.1. The van der Waals surface area contributed by atoms with Crippen LogP contribution in [0.1, 0.15) is 101 Å². The molecule has 0 fully saturated rings. The number of rotatable bonds is 5. The third-order valence-electron chi connectivity index (χ3n) is 10.4. The first-order chi connectivity index (χ1) is 19.0. The monoisotopic (exact) mass is 562 g/mol. The highest BCUT2D eigenvalue weighted by molar-refractivity contribution is 6.25. The van der Waals surface area contributed by atoms with Gasteiger partial charge in [0.2, 0.25) is 5.78 Å². The Morgan fingerprint density at radius 3 is 2.20 bits per heavy atom. The fourth-order valence-corrected chi connectivity index (χ4v) is 8.71. The van der Waals surface area contributed by atoms with Crippen LogP contribution in [-0.4, -0.2) is 43.4 Å². The van der Waals surface area contributed by atoms with E-state index in [-0.39, 0.29) is 40.9 Å². The van der Waals surface area contributed by atoms with Gasteiger partial charge in [-0.2, -0.15) is 0 Å². The number of fused-ring (bicyclic) bond motifs is 3. The molecule has 4 atom stereocenters. The highest BCUT2D eigenvalue weighted by Gasteiger charge is 2.71. The average molecular weight is 563 g/mol. The van der Waals surface area contributed by atoms with Gasteiger partial charge in [0.15, 0.2) is 17.2 Å². The molecule has 7 heteroatoms. The molecule has 4 aliphatic carbocycles. The Hall–Kier alpha value is -3.19. The van der Waals surface area contributed by atoms with Crippen LogP contribution in [-0.2, 0) is 22.4 Å². The molecule has 1 aromatic carbocycles. The quantitative estimate of drug-likeness (QED) is 0.256. The molecule has 0 amide bonds. The minimum Gasteiger partial charge on any atom is -0.511 e. The Bertz CT molecular complexity index is 1470. The molecule has 41 heavy (non-hydrogen) atoms. The standard InChI is InChI=1S/C34H42O7/c1-16(2)21-13-20(12-19-10-8-9-11-19)27(36)24-22(21)14-32(6)15-33(7)25(17(3)4)28(37)23(18(5)35)30(39)34(33,41)31(40)26(32)29(24)38/h8-9,13,16-17,19,25,36-37,40-41H,10-12,14-15H2,1-7H3/t25?,32-,33-,34+/m1/s1. The summed E-state index contributed by atoms with van der Waals surface area (Å²) in [5, 5.41) is 46.9. The second-order valence-corrected chi connectivity index (χ2v) is 14.0. The van der Waals surface area contributed by atoms with Crippen molar-refractivity contribution in [1.29, 1.82) is 0 Å². The number of aliphatic hydroxyl groups excluding tert-OH is 2. The molecule has 5 rings (SSSR count). The number of hydrogen-bond donors (Lipinski definition) is 4. The third-order valence-corrected chi connectivity index (χ3v) is 10.4. The van der Waals surface area contributed by atoms with Gasteiger partial charge in [-0.25, -0.2) is 0 Å². The van der Waals surface area contributed by atoms with Gasteiger partial charge in [-0.3, -0.25) is 14.4 Å². The van der Waals surface area contributed by atoms with Crippen molar-refractivity contribution < 1.29 is 34.8 Å². The van der Waals surface area contributed by atoms with Crippen molar-refractivity contribution in [2.75, 3.05) is 0 Å². The smallest absolute Gasteiger partial charge is 0.209 e. The van der Waals surface area contributed by atoms with Crippen LogP contribution in [0.4, 0.5) is 0 Å². The number of benzene rings is 1. The number of aliphatic hydroxyl groups is 3. The molecular weight excluding hydrogens is 520 g/mol. The number of aromatic hydroxyl groups is 1. The number of allylic oxidation sites excluding steroid dienone is 4. The zero-order valence-electron chi connectivity index (χ0n) is 25.1. The Labute approximate surface area is 241 Å². The SMILES string of the molecule is CC(=O)C1=C(O)C(C(C)C)[C@@]2(C)C[C@@]3(C)Cc4c(C(C)C)cc(CC5CC=CC5)c(O)c4C(=O)C3=C(O)[C@@]2(O)C1=O.